The minimum Gasteiger partial charge on any atom is -0.355 e. The summed E-state index contributed by atoms with van der Waals surface area (Å²) in [6.45, 7) is 9.34. The zero-order valence-electron chi connectivity index (χ0n) is 15.0. The van der Waals surface area contributed by atoms with Gasteiger partial charge in [-0.1, -0.05) is 19.1 Å². The van der Waals surface area contributed by atoms with Crippen LogP contribution in [0.4, 0.5) is 5.69 Å². The number of aliphatic imine (C=N–C) groups is 1. The molecule has 0 radical (unpaired) electrons. The second-order valence-electron chi connectivity index (χ2n) is 6.52. The molecule has 3 rings (SSSR count). The Labute approximate surface area is 144 Å². The van der Waals surface area contributed by atoms with Crippen LogP contribution in [0.15, 0.2) is 29.3 Å². The number of amides is 1. The molecule has 1 aromatic rings. The lowest BCUT2D eigenvalue weighted by Crippen LogP contribution is -2.52. The third-order valence-electron chi connectivity index (χ3n) is 4.71. The van der Waals surface area contributed by atoms with Gasteiger partial charge in [0.15, 0.2) is 0 Å². The summed E-state index contributed by atoms with van der Waals surface area (Å²) in [6, 6.07) is 6.30. The van der Waals surface area contributed by atoms with E-state index in [1.807, 2.05) is 18.2 Å². The van der Waals surface area contributed by atoms with E-state index in [4.69, 9.17) is 4.99 Å². The van der Waals surface area contributed by atoms with Gasteiger partial charge in [-0.2, -0.15) is 0 Å². The standard InChI is InChI=1S/C19H26N4O/c1-5-7-16-18-14(19(24)20-4)8-6-9-15(18)21-17-12-22(13(2)3)10-11-23(16)17/h6-9,13H,5,10-12H2,1-4H3,(H,20,24)/b16-7-. The van der Waals surface area contributed by atoms with Gasteiger partial charge < -0.3 is 10.2 Å². The Morgan fingerprint density at radius 1 is 1.38 bits per heavy atom. The molecule has 0 unspecified atom stereocenters. The summed E-state index contributed by atoms with van der Waals surface area (Å²) in [5.41, 5.74) is 3.68. The summed E-state index contributed by atoms with van der Waals surface area (Å²) in [7, 11) is 1.67. The predicted octanol–water partition coefficient (Wildman–Crippen LogP) is 2.87. The van der Waals surface area contributed by atoms with E-state index < -0.39 is 0 Å². The first kappa shape index (κ1) is 16.7. The van der Waals surface area contributed by atoms with Crippen LogP contribution >= 0.6 is 0 Å². The number of benzene rings is 1. The number of carbonyl (C=O) groups is 1. The highest BCUT2D eigenvalue weighted by Gasteiger charge is 2.32. The first-order valence-electron chi connectivity index (χ1n) is 8.71. The molecule has 128 valence electrons. The first-order chi connectivity index (χ1) is 11.6. The van der Waals surface area contributed by atoms with E-state index in [0.29, 0.717) is 11.6 Å². The van der Waals surface area contributed by atoms with Gasteiger partial charge in [-0.3, -0.25) is 9.69 Å². The molecule has 0 saturated carbocycles. The van der Waals surface area contributed by atoms with Crippen molar-refractivity contribution in [2.24, 2.45) is 4.99 Å². The SMILES string of the molecule is CC/C=C1/c2c(cccc2C(=O)NC)N=C2CN(C(C)C)CCN21. The molecule has 24 heavy (non-hydrogen) atoms. The second kappa shape index (κ2) is 6.77. The van der Waals surface area contributed by atoms with Gasteiger partial charge in [-0.25, -0.2) is 4.99 Å². The van der Waals surface area contributed by atoms with Gasteiger partial charge in [0.05, 0.1) is 17.8 Å². The molecule has 5 nitrogen and oxygen atoms in total. The summed E-state index contributed by atoms with van der Waals surface area (Å²) in [5.74, 6) is 1.02. The van der Waals surface area contributed by atoms with Crippen LogP contribution in [-0.2, 0) is 0 Å². The number of nitrogens with one attached hydrogen (secondary N) is 1. The fourth-order valence-electron chi connectivity index (χ4n) is 3.41. The van der Waals surface area contributed by atoms with Crippen molar-refractivity contribution in [1.29, 1.82) is 0 Å². The molecule has 1 N–H and O–H groups in total. The summed E-state index contributed by atoms with van der Waals surface area (Å²) in [6.07, 6.45) is 3.14. The van der Waals surface area contributed by atoms with Crippen LogP contribution in [0.5, 0.6) is 0 Å². The Balaban J connectivity index is 2.12. The topological polar surface area (TPSA) is 47.9 Å². The lowest BCUT2D eigenvalue weighted by atomic mass is 9.97. The zero-order chi connectivity index (χ0) is 17.3. The predicted molar refractivity (Wildman–Crippen MR) is 98.6 cm³/mol. The maximum atomic E-state index is 12.3. The van der Waals surface area contributed by atoms with Crippen LogP contribution in [0.25, 0.3) is 5.70 Å². The Kier molecular flexibility index (Phi) is 4.71. The molecule has 1 saturated heterocycles. The molecule has 0 spiro atoms. The van der Waals surface area contributed by atoms with Gasteiger partial charge in [-0.15, -0.1) is 0 Å². The molecule has 1 amide bonds. The summed E-state index contributed by atoms with van der Waals surface area (Å²) in [4.78, 5) is 21.9. The number of fused-ring (bicyclic) bond motifs is 2. The van der Waals surface area contributed by atoms with E-state index in [1.165, 1.54) is 0 Å². The number of piperazine rings is 1. The highest BCUT2D eigenvalue weighted by atomic mass is 16.1. The number of nitrogens with zero attached hydrogens (tertiary/aromatic N) is 3. The van der Waals surface area contributed by atoms with Crippen molar-refractivity contribution in [2.45, 2.75) is 33.2 Å². The smallest absolute Gasteiger partial charge is 0.251 e. The summed E-state index contributed by atoms with van der Waals surface area (Å²) >= 11 is 0. The molecule has 2 aliphatic heterocycles. The quantitative estimate of drug-likeness (QED) is 0.929. The fourth-order valence-corrected chi connectivity index (χ4v) is 3.41. The van der Waals surface area contributed by atoms with E-state index >= 15 is 0 Å². The number of hydrogen-bond acceptors (Lipinski definition) is 4. The highest BCUT2D eigenvalue weighted by Crippen LogP contribution is 2.38. The van der Waals surface area contributed by atoms with Gasteiger partial charge in [-0.05, 0) is 32.4 Å². The summed E-state index contributed by atoms with van der Waals surface area (Å²) in [5, 5.41) is 2.75. The normalized spacial score (nSPS) is 19.1. The minimum atomic E-state index is -0.0617. The van der Waals surface area contributed by atoms with Crippen LogP contribution in [0.1, 0.15) is 43.1 Å². The molecule has 0 aromatic heterocycles. The summed E-state index contributed by atoms with van der Waals surface area (Å²) < 4.78 is 0. The molecule has 1 aromatic carbocycles. The van der Waals surface area contributed by atoms with Gasteiger partial charge in [0, 0.05) is 37.4 Å². The van der Waals surface area contributed by atoms with Crippen molar-refractivity contribution in [1.82, 2.24) is 15.1 Å². The molecular weight excluding hydrogens is 300 g/mol. The third-order valence-corrected chi connectivity index (χ3v) is 4.71. The van der Waals surface area contributed by atoms with Crippen LogP contribution in [0.3, 0.4) is 0 Å². The van der Waals surface area contributed by atoms with Gasteiger partial charge in [0.2, 0.25) is 0 Å². The Morgan fingerprint density at radius 2 is 2.17 bits per heavy atom. The van der Waals surface area contributed by atoms with Crippen molar-refractivity contribution in [3.05, 3.63) is 35.4 Å². The average molecular weight is 326 g/mol. The number of rotatable bonds is 3. The maximum Gasteiger partial charge on any atom is 0.251 e. The van der Waals surface area contributed by atoms with Crippen molar-refractivity contribution in [3.63, 3.8) is 0 Å². The van der Waals surface area contributed by atoms with Crippen molar-refractivity contribution < 1.29 is 4.79 Å². The molecule has 2 heterocycles. The first-order valence-corrected chi connectivity index (χ1v) is 8.71. The van der Waals surface area contributed by atoms with Crippen molar-refractivity contribution in [3.8, 4) is 0 Å². The molecule has 1 fully saturated rings. The largest absolute Gasteiger partial charge is 0.355 e. The zero-order valence-corrected chi connectivity index (χ0v) is 15.0. The molecule has 0 aliphatic carbocycles. The monoisotopic (exact) mass is 326 g/mol. The van der Waals surface area contributed by atoms with Crippen LogP contribution in [0, 0.1) is 0 Å². The Morgan fingerprint density at radius 3 is 2.83 bits per heavy atom. The van der Waals surface area contributed by atoms with E-state index in [2.05, 4.69) is 42.0 Å². The number of hydrogen-bond donors (Lipinski definition) is 1. The Hall–Kier alpha value is -2.14. The molecule has 5 heteroatoms. The van der Waals surface area contributed by atoms with E-state index in [1.54, 1.807) is 7.05 Å². The maximum absolute atomic E-state index is 12.3. The fraction of sp³-hybridized carbons (Fsp3) is 0.474. The minimum absolute atomic E-state index is 0.0617. The van der Waals surface area contributed by atoms with Gasteiger partial charge >= 0.3 is 0 Å². The van der Waals surface area contributed by atoms with E-state index in [-0.39, 0.29) is 5.91 Å². The van der Waals surface area contributed by atoms with Crippen LogP contribution < -0.4 is 5.32 Å². The molecular formula is C19H26N4O. The number of carbonyl (C=O) groups excluding carboxylic acids is 1. The lowest BCUT2D eigenvalue weighted by molar-refractivity contribution is 0.0962. The van der Waals surface area contributed by atoms with Crippen LogP contribution in [-0.4, -0.2) is 54.3 Å². The molecule has 2 aliphatic rings. The lowest BCUT2D eigenvalue weighted by Gasteiger charge is -2.42. The Bertz CT molecular complexity index is 705. The number of allylic oxidation sites excluding steroid dienone is 1. The second-order valence-corrected chi connectivity index (χ2v) is 6.52. The molecule has 0 atom stereocenters. The van der Waals surface area contributed by atoms with Crippen LogP contribution in [0.2, 0.25) is 0 Å². The van der Waals surface area contributed by atoms with Gasteiger partial charge in [0.1, 0.15) is 5.84 Å². The molecule has 0 bridgehead atoms. The average Bonchev–Trinajstić information content (AvgIpc) is 2.59. The number of amidine groups is 1. The van der Waals surface area contributed by atoms with Crippen molar-refractivity contribution >= 4 is 23.1 Å². The highest BCUT2D eigenvalue weighted by molar-refractivity contribution is 6.06. The third kappa shape index (κ3) is 2.84. The van der Waals surface area contributed by atoms with E-state index in [0.717, 1.165) is 48.8 Å². The van der Waals surface area contributed by atoms with E-state index in [9.17, 15) is 4.79 Å². The van der Waals surface area contributed by atoms with Gasteiger partial charge in [0.25, 0.3) is 5.91 Å². The van der Waals surface area contributed by atoms with Crippen molar-refractivity contribution in [2.75, 3.05) is 26.7 Å².